The molecule has 3 aliphatic rings. The molecule has 5 heterocycles. The first kappa shape index (κ1) is 16.0. The van der Waals surface area contributed by atoms with Crippen LogP contribution >= 0.6 is 22.7 Å². The third kappa shape index (κ3) is 2.76. The number of hydrogen-bond donors (Lipinski definition) is 1. The lowest BCUT2D eigenvalue weighted by Crippen LogP contribution is -2.41. The zero-order valence-corrected chi connectivity index (χ0v) is 15.7. The molecule has 1 N–H and O–H groups in total. The molecule has 4 atom stereocenters. The molecule has 2 bridgehead atoms. The van der Waals surface area contributed by atoms with E-state index in [0.29, 0.717) is 17.9 Å². The quantitative estimate of drug-likeness (QED) is 0.874. The first-order valence-electron chi connectivity index (χ1n) is 8.95. The first-order chi connectivity index (χ1) is 12.2. The Labute approximate surface area is 155 Å². The fourth-order valence-corrected chi connectivity index (χ4v) is 6.32. The highest BCUT2D eigenvalue weighted by Gasteiger charge is 2.62. The average Bonchev–Trinajstić information content (AvgIpc) is 3.38. The largest absolute Gasteiger partial charge is 0.370 e. The number of ether oxygens (including phenoxy) is 1. The van der Waals surface area contributed by atoms with Crippen LogP contribution in [0.25, 0.3) is 0 Å². The standard InChI is InChI=1S/C19H22N2O2S2/c22-18(14-3-6-25-11-14)20-7-15-16-9-21(8-13-2-5-24-10-13)12-19(16)4-1-17(15)23-19/h2-3,5-6,10-11,15-17H,1,4,7-9,12H2,(H,20,22)/t15-,16+,17+,19+/m0/s1. The van der Waals surface area contributed by atoms with Gasteiger partial charge in [0.1, 0.15) is 0 Å². The summed E-state index contributed by atoms with van der Waals surface area (Å²) < 4.78 is 6.48. The van der Waals surface area contributed by atoms with Crippen molar-refractivity contribution in [3.63, 3.8) is 0 Å². The summed E-state index contributed by atoms with van der Waals surface area (Å²) in [4.78, 5) is 14.8. The molecule has 2 aromatic heterocycles. The van der Waals surface area contributed by atoms with Gasteiger partial charge in [-0.25, -0.2) is 0 Å². The van der Waals surface area contributed by atoms with E-state index in [-0.39, 0.29) is 11.5 Å². The van der Waals surface area contributed by atoms with E-state index in [1.807, 2.05) is 16.8 Å². The number of thiophene rings is 2. The Morgan fingerprint density at radius 1 is 1.32 bits per heavy atom. The molecule has 4 nitrogen and oxygen atoms in total. The van der Waals surface area contributed by atoms with Crippen molar-refractivity contribution in [2.45, 2.75) is 31.1 Å². The van der Waals surface area contributed by atoms with Crippen LogP contribution in [0.2, 0.25) is 0 Å². The molecule has 3 aliphatic heterocycles. The molecule has 132 valence electrons. The average molecular weight is 375 g/mol. The third-order valence-corrected chi connectivity index (χ3v) is 7.54. The molecule has 3 fully saturated rings. The lowest BCUT2D eigenvalue weighted by Gasteiger charge is -2.29. The van der Waals surface area contributed by atoms with E-state index in [1.54, 1.807) is 22.7 Å². The van der Waals surface area contributed by atoms with Gasteiger partial charge in [-0.1, -0.05) is 0 Å². The smallest absolute Gasteiger partial charge is 0.252 e. The Hall–Kier alpha value is -1.21. The molecular weight excluding hydrogens is 352 g/mol. The van der Waals surface area contributed by atoms with Crippen molar-refractivity contribution in [3.05, 3.63) is 44.8 Å². The van der Waals surface area contributed by atoms with E-state index in [4.69, 9.17) is 4.74 Å². The number of likely N-dealkylation sites (tertiary alicyclic amines) is 1. The van der Waals surface area contributed by atoms with Crippen LogP contribution in [0.1, 0.15) is 28.8 Å². The summed E-state index contributed by atoms with van der Waals surface area (Å²) in [6.07, 6.45) is 2.65. The van der Waals surface area contributed by atoms with Gasteiger partial charge < -0.3 is 10.1 Å². The van der Waals surface area contributed by atoms with Gasteiger partial charge in [-0.3, -0.25) is 9.69 Å². The second-order valence-corrected chi connectivity index (χ2v) is 9.11. The minimum Gasteiger partial charge on any atom is -0.370 e. The number of hydrogen-bond acceptors (Lipinski definition) is 5. The number of rotatable bonds is 5. The van der Waals surface area contributed by atoms with E-state index >= 15 is 0 Å². The summed E-state index contributed by atoms with van der Waals surface area (Å²) in [5.41, 5.74) is 2.21. The zero-order valence-electron chi connectivity index (χ0n) is 14.0. The lowest BCUT2D eigenvalue weighted by molar-refractivity contribution is 0.00213. The van der Waals surface area contributed by atoms with Gasteiger partial charge in [0.2, 0.25) is 0 Å². The molecule has 6 heteroatoms. The van der Waals surface area contributed by atoms with Crippen molar-refractivity contribution in [2.75, 3.05) is 19.6 Å². The SMILES string of the molecule is O=C(NC[C@H]1[C@H]2CN(Cc3ccsc3)C[C@]23CC[C@H]1O3)c1ccsc1. The fourth-order valence-electron chi connectivity index (χ4n) is 5.03. The summed E-state index contributed by atoms with van der Waals surface area (Å²) in [7, 11) is 0. The van der Waals surface area contributed by atoms with Crippen LogP contribution in [0, 0.1) is 11.8 Å². The summed E-state index contributed by atoms with van der Waals surface area (Å²) in [6, 6.07) is 4.10. The second kappa shape index (κ2) is 6.20. The highest BCUT2D eigenvalue weighted by molar-refractivity contribution is 7.08. The van der Waals surface area contributed by atoms with Crippen molar-refractivity contribution in [3.8, 4) is 0 Å². The van der Waals surface area contributed by atoms with Gasteiger partial charge in [-0.2, -0.15) is 22.7 Å². The number of nitrogens with zero attached hydrogens (tertiary/aromatic N) is 1. The van der Waals surface area contributed by atoms with Crippen LogP contribution in [-0.4, -0.2) is 42.1 Å². The number of fused-ring (bicyclic) bond motifs is 1. The van der Waals surface area contributed by atoms with Crippen LogP contribution in [0.4, 0.5) is 0 Å². The molecule has 2 aromatic rings. The number of nitrogens with one attached hydrogen (secondary N) is 1. The topological polar surface area (TPSA) is 41.6 Å². The van der Waals surface area contributed by atoms with Gasteiger partial charge in [0, 0.05) is 49.0 Å². The molecule has 1 amide bonds. The van der Waals surface area contributed by atoms with Crippen LogP contribution in [0.15, 0.2) is 33.7 Å². The van der Waals surface area contributed by atoms with Crippen LogP contribution in [0.5, 0.6) is 0 Å². The van der Waals surface area contributed by atoms with Gasteiger partial charge in [0.15, 0.2) is 0 Å². The van der Waals surface area contributed by atoms with Crippen LogP contribution < -0.4 is 5.32 Å². The van der Waals surface area contributed by atoms with Crippen LogP contribution in [-0.2, 0) is 11.3 Å². The molecule has 0 radical (unpaired) electrons. The van der Waals surface area contributed by atoms with E-state index < -0.39 is 0 Å². The van der Waals surface area contributed by atoms with Crippen LogP contribution in [0.3, 0.4) is 0 Å². The maximum Gasteiger partial charge on any atom is 0.252 e. The number of amides is 1. The summed E-state index contributed by atoms with van der Waals surface area (Å²) >= 11 is 3.33. The number of carbonyl (C=O) groups excluding carboxylic acids is 1. The van der Waals surface area contributed by atoms with E-state index in [9.17, 15) is 4.79 Å². The first-order valence-corrected chi connectivity index (χ1v) is 10.8. The van der Waals surface area contributed by atoms with Gasteiger partial charge in [-0.05, 0) is 46.7 Å². The lowest BCUT2D eigenvalue weighted by atomic mass is 9.73. The van der Waals surface area contributed by atoms with Crippen molar-refractivity contribution >= 4 is 28.6 Å². The minimum absolute atomic E-state index is 0.0401. The Balaban J connectivity index is 1.26. The van der Waals surface area contributed by atoms with Crippen molar-refractivity contribution < 1.29 is 9.53 Å². The maximum absolute atomic E-state index is 12.3. The van der Waals surface area contributed by atoms with Gasteiger partial charge in [-0.15, -0.1) is 0 Å². The number of carbonyl (C=O) groups is 1. The highest BCUT2D eigenvalue weighted by Crippen LogP contribution is 2.54. The van der Waals surface area contributed by atoms with Crippen molar-refractivity contribution in [1.82, 2.24) is 10.2 Å². The van der Waals surface area contributed by atoms with Crippen molar-refractivity contribution in [2.24, 2.45) is 11.8 Å². The molecule has 0 aromatic carbocycles. The predicted molar refractivity (Wildman–Crippen MR) is 100 cm³/mol. The summed E-state index contributed by atoms with van der Waals surface area (Å²) in [5.74, 6) is 1.04. The Morgan fingerprint density at radius 3 is 3.00 bits per heavy atom. The highest BCUT2D eigenvalue weighted by atomic mass is 32.1. The molecule has 0 aliphatic carbocycles. The second-order valence-electron chi connectivity index (χ2n) is 7.55. The molecule has 0 saturated carbocycles. The molecule has 0 unspecified atom stereocenters. The van der Waals surface area contributed by atoms with Gasteiger partial charge >= 0.3 is 0 Å². The normalized spacial score (nSPS) is 33.7. The van der Waals surface area contributed by atoms with Gasteiger partial charge in [0.25, 0.3) is 5.91 Å². The Kier molecular flexibility index (Phi) is 3.97. The van der Waals surface area contributed by atoms with E-state index in [1.165, 1.54) is 12.0 Å². The molecule has 3 saturated heterocycles. The monoisotopic (exact) mass is 374 g/mol. The summed E-state index contributed by atoms with van der Waals surface area (Å²) in [6.45, 7) is 3.88. The fraction of sp³-hybridized carbons (Fsp3) is 0.526. The Morgan fingerprint density at radius 2 is 2.20 bits per heavy atom. The minimum atomic E-state index is 0.0401. The van der Waals surface area contributed by atoms with Crippen molar-refractivity contribution in [1.29, 1.82) is 0 Å². The molecule has 25 heavy (non-hydrogen) atoms. The summed E-state index contributed by atoms with van der Waals surface area (Å²) in [5, 5.41) is 11.4. The zero-order chi connectivity index (χ0) is 16.9. The Bertz CT molecular complexity index is 746. The van der Waals surface area contributed by atoms with E-state index in [2.05, 4.69) is 27.0 Å². The molecule has 1 spiro atoms. The van der Waals surface area contributed by atoms with E-state index in [0.717, 1.165) is 38.2 Å². The van der Waals surface area contributed by atoms with Gasteiger partial charge in [0.05, 0.1) is 11.7 Å². The molecular formula is C19H22N2O2S2. The molecule has 5 rings (SSSR count). The maximum atomic E-state index is 12.3. The third-order valence-electron chi connectivity index (χ3n) is 6.12. The predicted octanol–water partition coefficient (Wildman–Crippen LogP) is 3.22.